The van der Waals surface area contributed by atoms with Crippen molar-refractivity contribution in [2.45, 2.75) is 6.92 Å². The van der Waals surface area contributed by atoms with Crippen molar-refractivity contribution in [1.82, 2.24) is 0 Å². The van der Waals surface area contributed by atoms with E-state index in [4.69, 9.17) is 39.9 Å². The van der Waals surface area contributed by atoms with Gasteiger partial charge in [-0.15, -0.1) is 0 Å². The van der Waals surface area contributed by atoms with Crippen LogP contribution in [0.4, 0.5) is 0 Å². The van der Waals surface area contributed by atoms with Gasteiger partial charge < -0.3 is 29.9 Å². The second kappa shape index (κ2) is 12.3. The average Bonchev–Trinajstić information content (AvgIpc) is 2.66. The summed E-state index contributed by atoms with van der Waals surface area (Å²) in [7, 11) is 0. The van der Waals surface area contributed by atoms with Gasteiger partial charge in [0.2, 0.25) is 0 Å². The quantitative estimate of drug-likeness (QED) is 0.452. The van der Waals surface area contributed by atoms with Crippen molar-refractivity contribution >= 4 is 34.8 Å². The second-order valence-corrected chi connectivity index (χ2v) is 4.43. The first kappa shape index (κ1) is 24.5. The van der Waals surface area contributed by atoms with Gasteiger partial charge in [-0.25, -0.2) is 12.1 Å². The van der Waals surface area contributed by atoms with E-state index >= 15 is 0 Å². The molecule has 1 nitrogen and oxygen atoms in total. The normalized spacial score (nSPS) is 8.00. The average molecular weight is 395 g/mol. The third-order valence-corrected chi connectivity index (χ3v) is 2.61. The predicted octanol–water partition coefficient (Wildman–Crippen LogP) is -0.928. The van der Waals surface area contributed by atoms with Crippen molar-refractivity contribution in [2.75, 3.05) is 0 Å². The summed E-state index contributed by atoms with van der Waals surface area (Å²) in [6, 6.07) is 11.1. The first-order valence-electron chi connectivity index (χ1n) is 4.52. The molecule has 0 aliphatic rings. The summed E-state index contributed by atoms with van der Waals surface area (Å²) >= 11 is 16.5. The zero-order valence-electron chi connectivity index (χ0n) is 9.80. The van der Waals surface area contributed by atoms with Crippen LogP contribution in [0.15, 0.2) is 36.4 Å². The largest absolute Gasteiger partial charge is 3.00 e. The number of phenols is 1. The van der Waals surface area contributed by atoms with Crippen molar-refractivity contribution in [3.8, 4) is 5.75 Å². The summed E-state index contributed by atoms with van der Waals surface area (Å²) in [5.41, 5.74) is 1.34. The van der Waals surface area contributed by atoms with Crippen LogP contribution in [0, 0.1) is 6.92 Å². The first-order chi connectivity index (χ1) is 7.50. The Morgan fingerprint density at radius 2 is 1.53 bits per heavy atom. The maximum absolute atomic E-state index is 9.01. The van der Waals surface area contributed by atoms with Crippen LogP contribution in [0.3, 0.4) is 0 Å². The van der Waals surface area contributed by atoms with E-state index in [0.29, 0.717) is 5.02 Å². The monoisotopic (exact) mass is 393 g/mol. The molecule has 2 rings (SSSR count). The molecule has 0 spiro atoms. The van der Waals surface area contributed by atoms with Crippen LogP contribution in [0.25, 0.3) is 0 Å². The third kappa shape index (κ3) is 9.15. The Morgan fingerprint density at radius 1 is 1.05 bits per heavy atom. The fourth-order valence-corrected chi connectivity index (χ4v) is 1.82. The van der Waals surface area contributed by atoms with Crippen molar-refractivity contribution in [3.05, 3.63) is 57.0 Å². The molecule has 0 heterocycles. The van der Waals surface area contributed by atoms with Crippen LogP contribution in [0.5, 0.6) is 5.75 Å². The fraction of sp³-hybridized carbons (Fsp3) is 0.0833. The van der Waals surface area contributed by atoms with Gasteiger partial charge in [0.1, 0.15) is 0 Å². The number of hydrogen-bond donors (Lipinski definition) is 1. The molecule has 103 valence electrons. The van der Waals surface area contributed by atoms with E-state index in [1.807, 2.05) is 12.1 Å². The van der Waals surface area contributed by atoms with E-state index in [0.717, 1.165) is 0 Å². The molecule has 2 aromatic rings. The van der Waals surface area contributed by atoms with Crippen LogP contribution in [-0.2, 0) is 21.7 Å². The van der Waals surface area contributed by atoms with E-state index in [1.165, 1.54) is 17.7 Å². The Hall–Kier alpha value is 0.534. The van der Waals surface area contributed by atoms with Gasteiger partial charge in [0.15, 0.2) is 5.75 Å². The summed E-state index contributed by atoms with van der Waals surface area (Å²) in [6.45, 7) is 2.08. The Morgan fingerprint density at radius 3 is 1.79 bits per heavy atom. The van der Waals surface area contributed by atoms with Crippen molar-refractivity contribution < 1.29 is 51.6 Å². The van der Waals surface area contributed by atoms with Gasteiger partial charge in [-0.2, -0.15) is 17.7 Å². The van der Waals surface area contributed by atoms with Gasteiger partial charge in [-0.05, 0) is 12.1 Å². The van der Waals surface area contributed by atoms with Gasteiger partial charge >= 0.3 is 21.7 Å². The summed E-state index contributed by atoms with van der Waals surface area (Å²) in [6.07, 6.45) is 0. The number of phenolic OH excluding ortho intramolecular Hbond substituents is 1. The van der Waals surface area contributed by atoms with Crippen LogP contribution >= 0.6 is 34.8 Å². The van der Waals surface area contributed by atoms with Gasteiger partial charge in [0.25, 0.3) is 0 Å². The van der Waals surface area contributed by atoms with E-state index in [-0.39, 0.29) is 62.3 Å². The Balaban J connectivity index is -0.000000252. The molecule has 0 fully saturated rings. The zero-order valence-corrected chi connectivity index (χ0v) is 15.1. The summed E-state index contributed by atoms with van der Waals surface area (Å²) < 4.78 is 0. The van der Waals surface area contributed by atoms with Crippen molar-refractivity contribution in [2.24, 2.45) is 0 Å². The Labute approximate surface area is 155 Å². The number of aryl methyl sites for hydroxylation is 1. The SMILES string of the molecule is Cc1ccc[cH-]1.Oc1c(Cl)cc(Cl)cc1Cl.[Cl-].[Cl-].[Ti+3]. The molecule has 0 aliphatic heterocycles. The standard InChI is InChI=1S/C6H3Cl3O.C6H7.2ClH.Ti/c7-3-1-4(8)6(10)5(9)2-3;1-6-4-2-3-5-6;;;/h1-2,10H;2-5H,1H3;2*1H;/q;-1;;;+3/p-2. The molecule has 0 unspecified atom stereocenters. The van der Waals surface area contributed by atoms with E-state index < -0.39 is 0 Å². The number of rotatable bonds is 0. The molecule has 0 amide bonds. The van der Waals surface area contributed by atoms with Gasteiger partial charge in [0.05, 0.1) is 10.0 Å². The molecule has 19 heavy (non-hydrogen) atoms. The van der Waals surface area contributed by atoms with Crippen LogP contribution in [0.1, 0.15) is 5.56 Å². The first-order valence-corrected chi connectivity index (χ1v) is 5.66. The summed E-state index contributed by atoms with van der Waals surface area (Å²) in [5.74, 6) is -0.132. The Kier molecular flexibility index (Phi) is 15.9. The van der Waals surface area contributed by atoms with Crippen molar-refractivity contribution in [1.29, 1.82) is 0 Å². The molecule has 1 radical (unpaired) electrons. The minimum Gasteiger partial charge on any atom is -1.00 e. The topological polar surface area (TPSA) is 20.2 Å². The zero-order chi connectivity index (χ0) is 12.1. The number of hydrogen-bond acceptors (Lipinski definition) is 1. The number of benzene rings is 1. The van der Waals surface area contributed by atoms with Gasteiger partial charge in [0, 0.05) is 5.02 Å². The van der Waals surface area contributed by atoms with Gasteiger partial charge in [-0.3, -0.25) is 0 Å². The van der Waals surface area contributed by atoms with Crippen molar-refractivity contribution in [3.63, 3.8) is 0 Å². The molecule has 0 bridgehead atoms. The van der Waals surface area contributed by atoms with Crippen LogP contribution in [-0.4, -0.2) is 5.11 Å². The summed E-state index contributed by atoms with van der Waals surface area (Å²) in [4.78, 5) is 0. The molecular weight excluding hydrogens is 385 g/mol. The Bertz CT molecular complexity index is 436. The predicted molar refractivity (Wildman–Crippen MR) is 69.9 cm³/mol. The molecule has 0 saturated heterocycles. The number of halogens is 5. The minimum atomic E-state index is -0.132. The molecule has 7 heteroatoms. The molecule has 1 N–H and O–H groups in total. The number of aromatic hydroxyl groups is 1. The van der Waals surface area contributed by atoms with Crippen LogP contribution < -0.4 is 24.8 Å². The maximum atomic E-state index is 9.01. The summed E-state index contributed by atoms with van der Waals surface area (Å²) in [5, 5.41) is 9.75. The maximum Gasteiger partial charge on any atom is 3.00 e. The van der Waals surface area contributed by atoms with E-state index in [9.17, 15) is 0 Å². The van der Waals surface area contributed by atoms with E-state index in [2.05, 4.69) is 19.1 Å². The molecular formula is C12H10Cl5OTi. The molecule has 2 aromatic carbocycles. The van der Waals surface area contributed by atoms with Crippen LogP contribution in [0.2, 0.25) is 15.1 Å². The third-order valence-electron chi connectivity index (χ3n) is 1.81. The molecule has 0 saturated carbocycles. The molecule has 0 aliphatic carbocycles. The van der Waals surface area contributed by atoms with Gasteiger partial charge in [-0.1, -0.05) is 41.7 Å². The molecule has 0 aromatic heterocycles. The molecule has 0 atom stereocenters. The minimum absolute atomic E-state index is 0. The second-order valence-electron chi connectivity index (χ2n) is 3.18. The smallest absolute Gasteiger partial charge is 1.00 e. The van der Waals surface area contributed by atoms with E-state index in [1.54, 1.807) is 0 Å². The fourth-order valence-electron chi connectivity index (χ4n) is 1.00.